The molecule has 1 spiro atoms. The fourth-order valence-electron chi connectivity index (χ4n) is 4.03. The molecule has 2 aromatic carbocycles. The average Bonchev–Trinajstić information content (AvgIpc) is 3.16. The van der Waals surface area contributed by atoms with E-state index >= 15 is 0 Å². The number of carbonyl (C=O) groups is 2. The molecule has 0 saturated carbocycles. The molecule has 0 radical (unpaired) electrons. The third kappa shape index (κ3) is 4.23. The minimum Gasteiger partial charge on any atom is -0.497 e. The highest BCUT2D eigenvalue weighted by molar-refractivity contribution is 8.00. The van der Waals surface area contributed by atoms with E-state index in [0.29, 0.717) is 29.4 Å². The van der Waals surface area contributed by atoms with Gasteiger partial charge in [0.25, 0.3) is 5.91 Å². The number of hydrogen-bond acceptors (Lipinski definition) is 4. The van der Waals surface area contributed by atoms with Crippen LogP contribution >= 0.6 is 23.4 Å². The van der Waals surface area contributed by atoms with Crippen molar-refractivity contribution in [3.05, 3.63) is 59.1 Å². The second-order valence-electron chi connectivity index (χ2n) is 7.41. The summed E-state index contributed by atoms with van der Waals surface area (Å²) in [5, 5.41) is 3.49. The maximum Gasteiger partial charge on any atom is 0.321 e. The van der Waals surface area contributed by atoms with Gasteiger partial charge in [-0.1, -0.05) is 17.7 Å². The number of methoxy groups -OCH3 is 1. The van der Waals surface area contributed by atoms with Crippen molar-refractivity contribution in [2.75, 3.05) is 37.8 Å². The molecule has 0 unspecified atom stereocenters. The number of urea groups is 1. The van der Waals surface area contributed by atoms with Crippen molar-refractivity contribution in [1.29, 1.82) is 0 Å². The Kier molecular flexibility index (Phi) is 6.11. The van der Waals surface area contributed by atoms with E-state index in [1.807, 2.05) is 47.0 Å². The van der Waals surface area contributed by atoms with Crippen LogP contribution in [-0.4, -0.2) is 59.1 Å². The Hall–Kier alpha value is -2.38. The molecule has 2 aliphatic rings. The number of halogens is 1. The maximum absolute atomic E-state index is 13.2. The number of nitrogens with one attached hydrogen (secondary N) is 1. The van der Waals surface area contributed by atoms with Gasteiger partial charge >= 0.3 is 6.03 Å². The van der Waals surface area contributed by atoms with Crippen LogP contribution in [0.5, 0.6) is 5.75 Å². The summed E-state index contributed by atoms with van der Waals surface area (Å²) in [7, 11) is 1.61. The molecule has 2 aromatic rings. The second kappa shape index (κ2) is 8.78. The number of benzene rings is 2. The summed E-state index contributed by atoms with van der Waals surface area (Å²) in [4.78, 5) is 29.4. The quantitative estimate of drug-likeness (QED) is 0.752. The largest absolute Gasteiger partial charge is 0.497 e. The van der Waals surface area contributed by atoms with Crippen LogP contribution in [0.2, 0.25) is 5.02 Å². The molecule has 0 atom stereocenters. The molecule has 2 saturated heterocycles. The van der Waals surface area contributed by atoms with E-state index in [9.17, 15) is 9.59 Å². The first-order valence-corrected chi connectivity index (χ1v) is 11.3. The Morgan fingerprint density at radius 3 is 2.50 bits per heavy atom. The molecule has 4 rings (SSSR count). The number of likely N-dealkylation sites (tertiary alicyclic amines) is 1. The van der Waals surface area contributed by atoms with E-state index in [0.717, 1.165) is 30.9 Å². The zero-order valence-electron chi connectivity index (χ0n) is 16.8. The third-order valence-corrected chi connectivity index (χ3v) is 7.46. The van der Waals surface area contributed by atoms with Crippen LogP contribution in [0, 0.1) is 0 Å². The highest BCUT2D eigenvalue weighted by Crippen LogP contribution is 2.44. The van der Waals surface area contributed by atoms with Gasteiger partial charge in [-0.15, -0.1) is 11.8 Å². The number of piperidine rings is 1. The fourth-order valence-corrected chi connectivity index (χ4v) is 5.67. The molecule has 2 aliphatic heterocycles. The number of thioether (sulfide) groups is 1. The van der Waals surface area contributed by atoms with Gasteiger partial charge in [0, 0.05) is 41.7 Å². The molecular formula is C22H24ClN3O3S. The first-order chi connectivity index (χ1) is 14.5. The summed E-state index contributed by atoms with van der Waals surface area (Å²) in [5.74, 6) is 1.69. The predicted molar refractivity (Wildman–Crippen MR) is 120 cm³/mol. The van der Waals surface area contributed by atoms with Crippen molar-refractivity contribution in [1.82, 2.24) is 9.80 Å². The highest BCUT2D eigenvalue weighted by Gasteiger charge is 2.47. The van der Waals surface area contributed by atoms with Crippen LogP contribution in [0.25, 0.3) is 0 Å². The normalized spacial score (nSPS) is 17.8. The van der Waals surface area contributed by atoms with Crippen LogP contribution in [-0.2, 0) is 0 Å². The summed E-state index contributed by atoms with van der Waals surface area (Å²) >= 11 is 7.83. The zero-order chi connectivity index (χ0) is 21.1. The topological polar surface area (TPSA) is 61.9 Å². The smallest absolute Gasteiger partial charge is 0.321 e. The van der Waals surface area contributed by atoms with Gasteiger partial charge in [-0.25, -0.2) is 4.79 Å². The van der Waals surface area contributed by atoms with Gasteiger partial charge in [0.05, 0.1) is 12.0 Å². The van der Waals surface area contributed by atoms with E-state index in [2.05, 4.69) is 5.32 Å². The predicted octanol–water partition coefficient (Wildman–Crippen LogP) is 4.56. The molecular weight excluding hydrogens is 422 g/mol. The second-order valence-corrected chi connectivity index (χ2v) is 9.30. The van der Waals surface area contributed by atoms with Gasteiger partial charge in [0.2, 0.25) is 0 Å². The van der Waals surface area contributed by atoms with Gasteiger partial charge in [-0.05, 0) is 55.3 Å². The van der Waals surface area contributed by atoms with E-state index in [-0.39, 0.29) is 16.8 Å². The molecule has 158 valence electrons. The lowest BCUT2D eigenvalue weighted by Crippen LogP contribution is -2.54. The Labute approximate surface area is 185 Å². The monoisotopic (exact) mass is 445 g/mol. The van der Waals surface area contributed by atoms with Crippen molar-refractivity contribution in [2.45, 2.75) is 17.7 Å². The lowest BCUT2D eigenvalue weighted by atomic mass is 10.0. The number of carbonyl (C=O) groups excluding carboxylic acids is 2. The molecule has 0 bridgehead atoms. The van der Waals surface area contributed by atoms with Gasteiger partial charge in [0.1, 0.15) is 5.75 Å². The number of nitrogens with zero attached hydrogens (tertiary/aromatic N) is 2. The molecule has 0 aromatic heterocycles. The van der Waals surface area contributed by atoms with Crippen LogP contribution in [0.1, 0.15) is 23.2 Å². The lowest BCUT2D eigenvalue weighted by Gasteiger charge is -2.44. The Morgan fingerprint density at radius 2 is 1.83 bits per heavy atom. The summed E-state index contributed by atoms with van der Waals surface area (Å²) in [6, 6.07) is 14.2. The van der Waals surface area contributed by atoms with E-state index < -0.39 is 0 Å². The van der Waals surface area contributed by atoms with Gasteiger partial charge in [-0.3, -0.25) is 4.79 Å². The van der Waals surface area contributed by atoms with E-state index in [4.69, 9.17) is 16.3 Å². The standard InChI is InChI=1S/C22H24ClN3O3S/c1-29-19-7-5-16(6-8-19)20(27)26-13-14-30-22(26)9-11-25(12-10-22)21(28)24-18-4-2-3-17(23)15-18/h2-8,15H,9-14H2,1H3,(H,24,28). The van der Waals surface area contributed by atoms with Crippen LogP contribution in [0.3, 0.4) is 0 Å². The summed E-state index contributed by atoms with van der Waals surface area (Å²) in [6.45, 7) is 1.93. The van der Waals surface area contributed by atoms with Crippen LogP contribution in [0.15, 0.2) is 48.5 Å². The number of rotatable bonds is 3. The minimum atomic E-state index is -0.246. The van der Waals surface area contributed by atoms with Crippen molar-refractivity contribution < 1.29 is 14.3 Å². The van der Waals surface area contributed by atoms with Crippen LogP contribution < -0.4 is 10.1 Å². The van der Waals surface area contributed by atoms with Gasteiger partial charge in [-0.2, -0.15) is 0 Å². The molecule has 0 aliphatic carbocycles. The molecule has 6 nitrogen and oxygen atoms in total. The molecule has 1 N–H and O–H groups in total. The molecule has 3 amide bonds. The number of hydrogen-bond donors (Lipinski definition) is 1. The van der Waals surface area contributed by atoms with Gasteiger partial charge in [0.15, 0.2) is 0 Å². The van der Waals surface area contributed by atoms with E-state index in [1.54, 1.807) is 30.2 Å². The third-order valence-electron chi connectivity index (χ3n) is 5.67. The molecule has 8 heteroatoms. The highest BCUT2D eigenvalue weighted by atomic mass is 35.5. The van der Waals surface area contributed by atoms with Gasteiger partial charge < -0.3 is 19.9 Å². The Bertz CT molecular complexity index is 929. The molecule has 2 fully saturated rings. The summed E-state index contributed by atoms with van der Waals surface area (Å²) in [5.41, 5.74) is 1.35. The van der Waals surface area contributed by atoms with Crippen molar-refractivity contribution in [2.24, 2.45) is 0 Å². The van der Waals surface area contributed by atoms with Crippen molar-refractivity contribution >= 4 is 41.0 Å². The lowest BCUT2D eigenvalue weighted by molar-refractivity contribution is 0.0585. The molecule has 2 heterocycles. The molecule has 30 heavy (non-hydrogen) atoms. The zero-order valence-corrected chi connectivity index (χ0v) is 18.3. The van der Waals surface area contributed by atoms with Crippen LogP contribution in [0.4, 0.5) is 10.5 Å². The number of amides is 3. The van der Waals surface area contributed by atoms with Crippen molar-refractivity contribution in [3.8, 4) is 5.75 Å². The SMILES string of the molecule is COc1ccc(C(=O)N2CCSC23CCN(C(=O)Nc2cccc(Cl)c2)CC3)cc1. The average molecular weight is 446 g/mol. The minimum absolute atomic E-state index is 0.0412. The Balaban J connectivity index is 1.40. The summed E-state index contributed by atoms with van der Waals surface area (Å²) < 4.78 is 5.19. The summed E-state index contributed by atoms with van der Waals surface area (Å²) in [6.07, 6.45) is 1.51. The maximum atomic E-state index is 13.2. The van der Waals surface area contributed by atoms with E-state index in [1.165, 1.54) is 0 Å². The number of anilines is 1. The first-order valence-electron chi connectivity index (χ1n) is 9.92. The first kappa shape index (κ1) is 20.9. The fraction of sp³-hybridized carbons (Fsp3) is 0.364. The Morgan fingerprint density at radius 1 is 1.10 bits per heavy atom. The number of ether oxygens (including phenoxy) is 1. The van der Waals surface area contributed by atoms with Crippen molar-refractivity contribution in [3.63, 3.8) is 0 Å².